The highest BCUT2D eigenvalue weighted by atomic mass is 16.6. The predicted octanol–water partition coefficient (Wildman–Crippen LogP) is 3.27. The summed E-state index contributed by atoms with van der Waals surface area (Å²) in [4.78, 5) is 11.7. The molecule has 0 aliphatic rings. The van der Waals surface area contributed by atoms with E-state index < -0.39 is 11.7 Å². The van der Waals surface area contributed by atoms with Gasteiger partial charge in [-0.2, -0.15) is 5.01 Å². The third-order valence-corrected chi connectivity index (χ3v) is 1.96. The Hall–Kier alpha value is -2.04. The largest absolute Gasteiger partial charge is 0.442 e. The van der Waals surface area contributed by atoms with E-state index in [2.05, 4.69) is 5.10 Å². The lowest BCUT2D eigenvalue weighted by atomic mass is 10.2. The van der Waals surface area contributed by atoms with Crippen LogP contribution in [0.3, 0.4) is 0 Å². The molecule has 19 heavy (non-hydrogen) atoms. The number of hydrogen-bond acceptors (Lipinski definition) is 4. The summed E-state index contributed by atoms with van der Waals surface area (Å²) < 4.78 is 10.6. The Kier molecular flexibility index (Phi) is 4.92. The number of benzene rings is 1. The Morgan fingerprint density at radius 2 is 1.79 bits per heavy atom. The normalized spacial score (nSPS) is 11.9. The summed E-state index contributed by atoms with van der Waals surface area (Å²) in [5.74, 6) is 1.03. The predicted molar refractivity (Wildman–Crippen MR) is 74.2 cm³/mol. The molecule has 0 aliphatic carbocycles. The van der Waals surface area contributed by atoms with Crippen LogP contribution < -0.4 is 4.74 Å². The van der Waals surface area contributed by atoms with Crippen molar-refractivity contribution in [3.63, 3.8) is 0 Å². The molecule has 0 saturated heterocycles. The molecule has 1 aromatic rings. The van der Waals surface area contributed by atoms with Crippen LogP contribution in [0, 0.1) is 0 Å². The maximum absolute atomic E-state index is 11.7. The molecule has 0 bridgehead atoms. The first kappa shape index (κ1) is 15.0. The molecule has 104 valence electrons. The molecule has 0 atom stereocenters. The second-order valence-corrected chi connectivity index (χ2v) is 5.04. The summed E-state index contributed by atoms with van der Waals surface area (Å²) in [7, 11) is 1.52. The van der Waals surface area contributed by atoms with Gasteiger partial charge in [0.2, 0.25) is 5.90 Å². The Labute approximate surface area is 113 Å². The van der Waals surface area contributed by atoms with Crippen molar-refractivity contribution < 1.29 is 14.3 Å². The van der Waals surface area contributed by atoms with E-state index in [0.717, 1.165) is 5.01 Å². The molecule has 0 saturated carbocycles. The molecule has 0 N–H and O–H groups in total. The fourth-order valence-electron chi connectivity index (χ4n) is 1.26. The van der Waals surface area contributed by atoms with Crippen LogP contribution in [0.15, 0.2) is 35.4 Å². The van der Waals surface area contributed by atoms with Crippen LogP contribution in [0.2, 0.25) is 0 Å². The molecule has 5 heteroatoms. The summed E-state index contributed by atoms with van der Waals surface area (Å²) in [6.45, 7) is 7.08. The van der Waals surface area contributed by atoms with Crippen molar-refractivity contribution >= 4 is 12.0 Å². The van der Waals surface area contributed by atoms with Crippen LogP contribution in [0.25, 0.3) is 0 Å². The molecule has 0 aromatic heterocycles. The Bertz CT molecular complexity index is 450. The molecule has 0 unspecified atom stereocenters. The SMILES string of the molecule is CC(=NN(C)C(=O)OC(C)(C)C)Oc1ccccc1. The van der Waals surface area contributed by atoms with Gasteiger partial charge in [-0.15, -0.1) is 5.10 Å². The van der Waals surface area contributed by atoms with Gasteiger partial charge < -0.3 is 9.47 Å². The van der Waals surface area contributed by atoms with E-state index in [9.17, 15) is 4.79 Å². The second kappa shape index (κ2) is 6.22. The van der Waals surface area contributed by atoms with Crippen molar-refractivity contribution in [1.29, 1.82) is 0 Å². The van der Waals surface area contributed by atoms with Gasteiger partial charge >= 0.3 is 6.09 Å². The zero-order valence-electron chi connectivity index (χ0n) is 12.0. The van der Waals surface area contributed by atoms with Gasteiger partial charge in [0.05, 0.1) is 0 Å². The first-order valence-corrected chi connectivity index (χ1v) is 6.03. The first-order chi connectivity index (χ1) is 8.78. The van der Waals surface area contributed by atoms with Crippen LogP contribution in [-0.4, -0.2) is 29.6 Å². The zero-order chi connectivity index (χ0) is 14.5. The lowest BCUT2D eigenvalue weighted by molar-refractivity contribution is 0.0299. The zero-order valence-corrected chi connectivity index (χ0v) is 12.0. The minimum absolute atomic E-state index is 0.361. The molecule has 0 aliphatic heterocycles. The van der Waals surface area contributed by atoms with E-state index in [4.69, 9.17) is 9.47 Å². The number of ether oxygens (including phenoxy) is 2. The van der Waals surface area contributed by atoms with E-state index in [0.29, 0.717) is 11.6 Å². The maximum Gasteiger partial charge on any atom is 0.430 e. The Morgan fingerprint density at radius 3 is 2.32 bits per heavy atom. The van der Waals surface area contributed by atoms with Crippen LogP contribution in [0.4, 0.5) is 4.79 Å². The smallest absolute Gasteiger partial charge is 0.430 e. The topological polar surface area (TPSA) is 51.1 Å². The Balaban J connectivity index is 2.61. The van der Waals surface area contributed by atoms with Gasteiger partial charge in [-0.1, -0.05) is 18.2 Å². The number of hydrogen-bond donors (Lipinski definition) is 0. The number of para-hydroxylation sites is 1. The summed E-state index contributed by atoms with van der Waals surface area (Å²) in [5.41, 5.74) is -0.547. The minimum Gasteiger partial charge on any atom is -0.442 e. The second-order valence-electron chi connectivity index (χ2n) is 5.04. The van der Waals surface area contributed by atoms with Gasteiger partial charge in [0, 0.05) is 14.0 Å². The molecule has 0 heterocycles. The third kappa shape index (κ3) is 5.90. The highest BCUT2D eigenvalue weighted by Gasteiger charge is 2.19. The number of nitrogens with zero attached hydrogens (tertiary/aromatic N) is 2. The van der Waals surface area contributed by atoms with Crippen LogP contribution in [-0.2, 0) is 4.74 Å². The van der Waals surface area contributed by atoms with Crippen molar-refractivity contribution in [3.8, 4) is 5.75 Å². The monoisotopic (exact) mass is 264 g/mol. The fraction of sp³-hybridized carbons (Fsp3) is 0.429. The number of carbonyl (C=O) groups excluding carboxylic acids is 1. The minimum atomic E-state index is -0.547. The van der Waals surface area contributed by atoms with E-state index in [1.165, 1.54) is 7.05 Å². The average Bonchev–Trinajstić information content (AvgIpc) is 2.27. The van der Waals surface area contributed by atoms with Crippen molar-refractivity contribution in [1.82, 2.24) is 5.01 Å². The van der Waals surface area contributed by atoms with Crippen LogP contribution >= 0.6 is 0 Å². The van der Waals surface area contributed by atoms with Gasteiger partial charge in [-0.3, -0.25) is 0 Å². The number of carbonyl (C=O) groups is 1. The quantitative estimate of drug-likeness (QED) is 0.468. The molecule has 1 amide bonds. The van der Waals surface area contributed by atoms with Crippen molar-refractivity contribution in [2.45, 2.75) is 33.3 Å². The molecule has 1 rings (SSSR count). The molecule has 1 aromatic carbocycles. The first-order valence-electron chi connectivity index (χ1n) is 6.03. The average molecular weight is 264 g/mol. The molecule has 0 spiro atoms. The standard InChI is InChI=1S/C14H20N2O3/c1-11(18-12-9-7-6-8-10-12)15-16(5)13(17)19-14(2,3)4/h6-10H,1-5H3. The molecule has 0 fully saturated rings. The van der Waals surface area contributed by atoms with E-state index in [1.807, 2.05) is 30.3 Å². The van der Waals surface area contributed by atoms with E-state index in [1.54, 1.807) is 27.7 Å². The maximum atomic E-state index is 11.7. The summed E-state index contributed by atoms with van der Waals surface area (Å²) in [5, 5.41) is 5.12. The van der Waals surface area contributed by atoms with Gasteiger partial charge in [0.15, 0.2) is 0 Å². The lowest BCUT2D eigenvalue weighted by Gasteiger charge is -2.22. The number of rotatable bonds is 2. The van der Waals surface area contributed by atoms with Crippen molar-refractivity contribution in [3.05, 3.63) is 30.3 Å². The van der Waals surface area contributed by atoms with Crippen LogP contribution in [0.1, 0.15) is 27.7 Å². The molecule has 0 radical (unpaired) electrons. The highest BCUT2D eigenvalue weighted by molar-refractivity contribution is 5.78. The fourth-order valence-corrected chi connectivity index (χ4v) is 1.26. The lowest BCUT2D eigenvalue weighted by Crippen LogP contribution is -2.32. The van der Waals surface area contributed by atoms with Crippen LogP contribution in [0.5, 0.6) is 5.75 Å². The van der Waals surface area contributed by atoms with Gasteiger partial charge in [-0.25, -0.2) is 4.79 Å². The summed E-state index contributed by atoms with van der Waals surface area (Å²) in [6, 6.07) is 9.24. The number of amides is 1. The van der Waals surface area contributed by atoms with Gasteiger partial charge in [-0.05, 0) is 32.9 Å². The van der Waals surface area contributed by atoms with E-state index >= 15 is 0 Å². The van der Waals surface area contributed by atoms with Gasteiger partial charge in [0.1, 0.15) is 11.4 Å². The summed E-state index contributed by atoms with van der Waals surface area (Å²) in [6.07, 6.45) is -0.525. The molecular weight excluding hydrogens is 244 g/mol. The summed E-state index contributed by atoms with van der Waals surface area (Å²) >= 11 is 0. The van der Waals surface area contributed by atoms with E-state index in [-0.39, 0.29) is 0 Å². The Morgan fingerprint density at radius 1 is 1.21 bits per heavy atom. The number of hydrazone groups is 1. The van der Waals surface area contributed by atoms with Crippen molar-refractivity contribution in [2.75, 3.05) is 7.05 Å². The third-order valence-electron chi connectivity index (χ3n) is 1.96. The van der Waals surface area contributed by atoms with Gasteiger partial charge in [0.25, 0.3) is 0 Å². The molecule has 5 nitrogen and oxygen atoms in total. The molecular formula is C14H20N2O3. The highest BCUT2D eigenvalue weighted by Crippen LogP contribution is 2.11. The van der Waals surface area contributed by atoms with Crippen molar-refractivity contribution in [2.24, 2.45) is 5.10 Å².